The Morgan fingerprint density at radius 1 is 1.12 bits per heavy atom. The Hall–Kier alpha value is -0.890. The van der Waals surface area contributed by atoms with Crippen LogP contribution in [0.15, 0.2) is 16.5 Å². The summed E-state index contributed by atoms with van der Waals surface area (Å²) in [7, 11) is -3.15. The van der Waals surface area contributed by atoms with Crippen LogP contribution in [0.4, 0.5) is 0 Å². The second-order valence-corrected chi connectivity index (χ2v) is 8.95. The minimum absolute atomic E-state index is 0.0766. The molecule has 1 saturated carbocycles. The summed E-state index contributed by atoms with van der Waals surface area (Å²) < 4.78 is 31.9. The van der Waals surface area contributed by atoms with Gasteiger partial charge in [-0.3, -0.25) is 4.90 Å². The average molecular weight is 356 g/mol. The molecule has 0 aromatic carbocycles. The molecule has 2 heterocycles. The number of hydrogen-bond acceptors (Lipinski definition) is 5. The van der Waals surface area contributed by atoms with E-state index in [1.165, 1.54) is 6.26 Å². The van der Waals surface area contributed by atoms with Crippen LogP contribution in [-0.4, -0.2) is 54.2 Å². The summed E-state index contributed by atoms with van der Waals surface area (Å²) in [6, 6.07) is 4.05. The predicted octanol–water partition coefficient (Wildman–Crippen LogP) is 1.94. The van der Waals surface area contributed by atoms with E-state index in [0.29, 0.717) is 5.76 Å². The van der Waals surface area contributed by atoms with Crippen molar-refractivity contribution in [2.75, 3.05) is 19.3 Å². The van der Waals surface area contributed by atoms with Gasteiger partial charge >= 0.3 is 0 Å². The van der Waals surface area contributed by atoms with Crippen molar-refractivity contribution in [2.24, 2.45) is 0 Å². The van der Waals surface area contributed by atoms with Crippen LogP contribution >= 0.6 is 0 Å². The molecule has 1 aromatic rings. The van der Waals surface area contributed by atoms with Gasteiger partial charge in [0.15, 0.2) is 0 Å². The van der Waals surface area contributed by atoms with E-state index in [-0.39, 0.29) is 18.7 Å². The highest BCUT2D eigenvalue weighted by Gasteiger charge is 2.37. The van der Waals surface area contributed by atoms with Crippen LogP contribution in [0.5, 0.6) is 0 Å². The maximum absolute atomic E-state index is 12.3. The molecule has 1 aliphatic heterocycles. The van der Waals surface area contributed by atoms with E-state index in [4.69, 9.17) is 9.52 Å². The summed E-state index contributed by atoms with van der Waals surface area (Å²) >= 11 is 0. The largest absolute Gasteiger partial charge is 0.462 e. The van der Waals surface area contributed by atoms with Crippen LogP contribution < -0.4 is 0 Å². The zero-order valence-corrected chi connectivity index (χ0v) is 15.2. The predicted molar refractivity (Wildman–Crippen MR) is 91.9 cm³/mol. The Morgan fingerprint density at radius 2 is 1.79 bits per heavy atom. The molecule has 2 fully saturated rings. The summed E-state index contributed by atoms with van der Waals surface area (Å²) in [6.45, 7) is 2.47. The van der Waals surface area contributed by atoms with Gasteiger partial charge < -0.3 is 9.52 Å². The molecule has 0 unspecified atom stereocenters. The van der Waals surface area contributed by atoms with Gasteiger partial charge in [0.25, 0.3) is 0 Å². The molecule has 1 saturated heterocycles. The molecule has 136 valence electrons. The number of likely N-dealkylation sites (tertiary alicyclic amines) is 1. The molecule has 6 nitrogen and oxygen atoms in total. The van der Waals surface area contributed by atoms with E-state index < -0.39 is 10.0 Å². The van der Waals surface area contributed by atoms with Crippen molar-refractivity contribution in [3.63, 3.8) is 0 Å². The van der Waals surface area contributed by atoms with E-state index in [9.17, 15) is 8.42 Å². The minimum Gasteiger partial charge on any atom is -0.462 e. The van der Waals surface area contributed by atoms with Crippen LogP contribution in [0.3, 0.4) is 0 Å². The minimum atomic E-state index is -3.15. The second kappa shape index (κ2) is 7.56. The van der Waals surface area contributed by atoms with Crippen molar-refractivity contribution < 1.29 is 17.9 Å². The number of furan rings is 1. The van der Waals surface area contributed by atoms with E-state index in [0.717, 1.165) is 63.9 Å². The first-order chi connectivity index (χ1) is 11.5. The lowest BCUT2D eigenvalue weighted by Crippen LogP contribution is -2.49. The lowest BCUT2D eigenvalue weighted by Gasteiger charge is -2.40. The monoisotopic (exact) mass is 356 g/mol. The number of rotatable bonds is 6. The Morgan fingerprint density at radius 3 is 2.38 bits per heavy atom. The molecule has 3 rings (SSSR count). The molecule has 1 N–H and O–H groups in total. The van der Waals surface area contributed by atoms with Crippen molar-refractivity contribution in [2.45, 2.75) is 63.8 Å². The third kappa shape index (κ3) is 4.20. The molecule has 2 aliphatic rings. The van der Waals surface area contributed by atoms with E-state index in [1.54, 1.807) is 10.4 Å². The topological polar surface area (TPSA) is 74.0 Å². The molecule has 1 aromatic heterocycles. The van der Waals surface area contributed by atoms with Gasteiger partial charge in [0.05, 0.1) is 12.8 Å². The average Bonchev–Trinajstić information content (AvgIpc) is 2.80. The molecule has 0 spiro atoms. The maximum Gasteiger partial charge on any atom is 0.211 e. The van der Waals surface area contributed by atoms with Crippen LogP contribution in [0.25, 0.3) is 0 Å². The Kier molecular flexibility index (Phi) is 5.64. The third-order valence-corrected chi connectivity index (χ3v) is 6.58. The zero-order chi connectivity index (χ0) is 17.2. The van der Waals surface area contributed by atoms with Crippen LogP contribution in [-0.2, 0) is 23.2 Å². The van der Waals surface area contributed by atoms with Gasteiger partial charge in [-0.15, -0.1) is 0 Å². The van der Waals surface area contributed by atoms with Gasteiger partial charge in [0.1, 0.15) is 18.1 Å². The molecule has 0 amide bonds. The Labute approximate surface area is 144 Å². The van der Waals surface area contributed by atoms with Gasteiger partial charge in [0, 0.05) is 18.6 Å². The summed E-state index contributed by atoms with van der Waals surface area (Å²) in [6.07, 6.45) is 7.30. The summed E-state index contributed by atoms with van der Waals surface area (Å²) in [5, 5.41) is 9.08. The maximum atomic E-state index is 12.3. The first kappa shape index (κ1) is 17.9. The number of aliphatic hydroxyl groups is 1. The van der Waals surface area contributed by atoms with Crippen molar-refractivity contribution >= 4 is 10.0 Å². The molecule has 0 radical (unpaired) electrons. The van der Waals surface area contributed by atoms with E-state index in [2.05, 4.69) is 4.90 Å². The van der Waals surface area contributed by atoms with Crippen LogP contribution in [0, 0.1) is 0 Å². The highest BCUT2D eigenvalue weighted by molar-refractivity contribution is 7.88. The number of sulfonamides is 1. The molecule has 1 aliphatic carbocycles. The smallest absolute Gasteiger partial charge is 0.211 e. The van der Waals surface area contributed by atoms with E-state index >= 15 is 0 Å². The van der Waals surface area contributed by atoms with Crippen molar-refractivity contribution in [3.05, 3.63) is 23.7 Å². The first-order valence-corrected chi connectivity index (χ1v) is 10.7. The summed E-state index contributed by atoms with van der Waals surface area (Å²) in [4.78, 5) is 2.32. The molecule has 1 atom stereocenters. The Balaban J connectivity index is 1.61. The molecular formula is C17H28N2O4S. The highest BCUT2D eigenvalue weighted by atomic mass is 32.2. The van der Waals surface area contributed by atoms with Gasteiger partial charge in [-0.05, 0) is 50.8 Å². The number of aliphatic hydroxyl groups excluding tert-OH is 1. The molecule has 24 heavy (non-hydrogen) atoms. The lowest BCUT2D eigenvalue weighted by atomic mass is 9.91. The van der Waals surface area contributed by atoms with Crippen molar-refractivity contribution in [1.29, 1.82) is 0 Å². The van der Waals surface area contributed by atoms with E-state index in [1.807, 2.05) is 6.07 Å². The van der Waals surface area contributed by atoms with Gasteiger partial charge in [-0.2, -0.15) is 4.31 Å². The van der Waals surface area contributed by atoms with Gasteiger partial charge in [0.2, 0.25) is 10.0 Å². The molecule has 0 bridgehead atoms. The second-order valence-electron chi connectivity index (χ2n) is 7.06. The molecular weight excluding hydrogens is 328 g/mol. The van der Waals surface area contributed by atoms with Gasteiger partial charge in [-0.1, -0.05) is 6.42 Å². The summed E-state index contributed by atoms with van der Waals surface area (Å²) in [5.41, 5.74) is 0. The fourth-order valence-corrected chi connectivity index (χ4v) is 5.35. The number of hydrogen-bond donors (Lipinski definition) is 1. The molecule has 7 heteroatoms. The standard InChI is InChI=1S/C17H28N2O4S/c1-24(21,22)19(14-4-2-5-14)15-6-3-10-18(11-9-15)12-16-7-8-17(13-20)23-16/h7-8,14-15,20H,2-6,9-13H2,1H3/t15-/m1/s1. The SMILES string of the molecule is CS(=O)(=O)N(C1CCC1)[C@@H]1CCCN(Cc2ccc(CO)o2)CC1. The fraction of sp³-hybridized carbons (Fsp3) is 0.765. The quantitative estimate of drug-likeness (QED) is 0.843. The fourth-order valence-electron chi connectivity index (χ4n) is 3.84. The number of nitrogens with zero attached hydrogens (tertiary/aromatic N) is 2. The summed E-state index contributed by atoms with van der Waals surface area (Å²) in [5.74, 6) is 1.45. The third-order valence-electron chi connectivity index (χ3n) is 5.22. The van der Waals surface area contributed by atoms with Crippen LogP contribution in [0.1, 0.15) is 50.0 Å². The first-order valence-electron chi connectivity index (χ1n) is 8.86. The Bertz CT molecular complexity index is 639. The lowest BCUT2D eigenvalue weighted by molar-refractivity contribution is 0.160. The zero-order valence-electron chi connectivity index (χ0n) is 14.4. The van der Waals surface area contributed by atoms with Crippen LogP contribution in [0.2, 0.25) is 0 Å². The van der Waals surface area contributed by atoms with Gasteiger partial charge in [-0.25, -0.2) is 8.42 Å². The van der Waals surface area contributed by atoms with Crippen molar-refractivity contribution in [1.82, 2.24) is 9.21 Å². The normalized spacial score (nSPS) is 24.0. The highest BCUT2D eigenvalue weighted by Crippen LogP contribution is 2.32. The van der Waals surface area contributed by atoms with Crippen molar-refractivity contribution in [3.8, 4) is 0 Å².